The molecule has 2 aromatic rings. The molecule has 2 rings (SSSR count). The van der Waals surface area contributed by atoms with Gasteiger partial charge in [-0.15, -0.1) is 0 Å². The molecule has 0 aliphatic carbocycles. The normalized spacial score (nSPS) is 10.3. The van der Waals surface area contributed by atoms with E-state index in [9.17, 15) is 13.6 Å². The van der Waals surface area contributed by atoms with Gasteiger partial charge in [-0.25, -0.2) is 8.78 Å². The predicted octanol–water partition coefficient (Wildman–Crippen LogP) is 4.03. The van der Waals surface area contributed by atoms with Crippen molar-refractivity contribution in [2.24, 2.45) is 5.84 Å². The van der Waals surface area contributed by atoms with Crippen molar-refractivity contribution in [2.45, 2.75) is 0 Å². The van der Waals surface area contributed by atoms with E-state index in [0.29, 0.717) is 14.6 Å². The van der Waals surface area contributed by atoms with Crippen molar-refractivity contribution in [2.75, 3.05) is 10.7 Å². The molecule has 0 aliphatic rings. The Balaban J connectivity index is 2.33. The van der Waals surface area contributed by atoms with Gasteiger partial charge in [0.05, 0.1) is 5.69 Å². The molecule has 0 atom stereocenters. The van der Waals surface area contributed by atoms with E-state index in [1.165, 1.54) is 0 Å². The lowest BCUT2D eigenvalue weighted by molar-refractivity contribution is 0.102. The number of anilines is 2. The van der Waals surface area contributed by atoms with E-state index < -0.39 is 23.2 Å². The summed E-state index contributed by atoms with van der Waals surface area (Å²) >= 11 is 6.56. The monoisotopic (exact) mass is 419 g/mol. The molecular formula is C13H9Br2F2N3O. The summed E-state index contributed by atoms with van der Waals surface area (Å²) in [5, 5.41) is 2.57. The van der Waals surface area contributed by atoms with E-state index in [-0.39, 0.29) is 5.56 Å². The van der Waals surface area contributed by atoms with Crippen molar-refractivity contribution in [1.29, 1.82) is 0 Å². The number of hydrogen-bond acceptors (Lipinski definition) is 3. The van der Waals surface area contributed by atoms with Crippen LogP contribution in [0.5, 0.6) is 0 Å². The average molecular weight is 421 g/mol. The number of halogens is 4. The molecule has 1 amide bonds. The van der Waals surface area contributed by atoms with Crippen molar-refractivity contribution in [1.82, 2.24) is 0 Å². The summed E-state index contributed by atoms with van der Waals surface area (Å²) in [5.41, 5.74) is 1.71. The predicted molar refractivity (Wildman–Crippen MR) is 84.0 cm³/mol. The highest BCUT2D eigenvalue weighted by Gasteiger charge is 2.16. The summed E-state index contributed by atoms with van der Waals surface area (Å²) in [6.07, 6.45) is 0. The van der Waals surface area contributed by atoms with Gasteiger partial charge >= 0.3 is 0 Å². The third kappa shape index (κ3) is 3.39. The highest BCUT2D eigenvalue weighted by Crippen LogP contribution is 2.31. The Labute approximate surface area is 135 Å². The third-order valence-corrected chi connectivity index (χ3v) is 3.97. The quantitative estimate of drug-likeness (QED) is 0.518. The van der Waals surface area contributed by atoms with E-state index in [0.717, 1.165) is 12.1 Å². The van der Waals surface area contributed by atoms with Gasteiger partial charge in [-0.3, -0.25) is 10.6 Å². The molecule has 0 saturated carbocycles. The molecule has 0 heterocycles. The number of nitrogens with one attached hydrogen (secondary N) is 2. The van der Waals surface area contributed by atoms with E-state index in [1.54, 1.807) is 18.2 Å². The van der Waals surface area contributed by atoms with E-state index >= 15 is 0 Å². The SMILES string of the molecule is NNc1c(F)cc(C(=O)Nc2c(Br)cccc2Br)cc1F. The fourth-order valence-corrected chi connectivity index (χ4v) is 2.84. The summed E-state index contributed by atoms with van der Waals surface area (Å²) in [6.45, 7) is 0. The number of rotatable bonds is 3. The van der Waals surface area contributed by atoms with Crippen LogP contribution in [0.1, 0.15) is 10.4 Å². The molecule has 4 N–H and O–H groups in total. The number of carbonyl (C=O) groups is 1. The first-order valence-corrected chi connectivity index (χ1v) is 7.23. The Morgan fingerprint density at radius 1 is 1.05 bits per heavy atom. The molecule has 4 nitrogen and oxygen atoms in total. The number of amides is 1. The Hall–Kier alpha value is -1.51. The first-order valence-electron chi connectivity index (χ1n) is 5.65. The number of carbonyl (C=O) groups excluding carboxylic acids is 1. The van der Waals surface area contributed by atoms with Crippen LogP contribution in [0.15, 0.2) is 39.3 Å². The minimum Gasteiger partial charge on any atom is -0.320 e. The number of nitrogens with two attached hydrogens (primary N) is 1. The van der Waals surface area contributed by atoms with Crippen LogP contribution in [-0.2, 0) is 0 Å². The summed E-state index contributed by atoms with van der Waals surface area (Å²) in [5.74, 6) is 2.45. The number of hydrazine groups is 1. The lowest BCUT2D eigenvalue weighted by Gasteiger charge is -2.11. The van der Waals surface area contributed by atoms with E-state index in [4.69, 9.17) is 5.84 Å². The van der Waals surface area contributed by atoms with Gasteiger partial charge in [0.25, 0.3) is 5.91 Å². The van der Waals surface area contributed by atoms with Crippen LogP contribution in [0, 0.1) is 11.6 Å². The molecule has 2 aromatic carbocycles. The smallest absolute Gasteiger partial charge is 0.255 e. The van der Waals surface area contributed by atoms with Crippen LogP contribution in [0.4, 0.5) is 20.2 Å². The summed E-state index contributed by atoms with van der Waals surface area (Å²) in [7, 11) is 0. The highest BCUT2D eigenvalue weighted by molar-refractivity contribution is 9.11. The Morgan fingerprint density at radius 2 is 1.57 bits per heavy atom. The topological polar surface area (TPSA) is 67.1 Å². The zero-order valence-corrected chi connectivity index (χ0v) is 13.6. The molecule has 8 heteroatoms. The van der Waals surface area contributed by atoms with Gasteiger partial charge in [0.15, 0.2) is 11.6 Å². The number of benzene rings is 2. The molecule has 0 fully saturated rings. The maximum Gasteiger partial charge on any atom is 0.255 e. The maximum atomic E-state index is 13.6. The van der Waals surface area contributed by atoms with Crippen molar-refractivity contribution >= 4 is 49.1 Å². The lowest BCUT2D eigenvalue weighted by atomic mass is 10.1. The second-order valence-electron chi connectivity index (χ2n) is 4.01. The summed E-state index contributed by atoms with van der Waals surface area (Å²) < 4.78 is 28.4. The number of nitrogen functional groups attached to an aromatic ring is 1. The van der Waals surface area contributed by atoms with Gasteiger partial charge in [-0.1, -0.05) is 6.07 Å². The first-order chi connectivity index (χ1) is 9.93. The Kier molecular flexibility index (Phi) is 4.92. The second-order valence-corrected chi connectivity index (χ2v) is 5.72. The zero-order valence-electron chi connectivity index (χ0n) is 10.4. The molecule has 110 valence electrons. The average Bonchev–Trinajstić information content (AvgIpc) is 2.42. The fraction of sp³-hybridized carbons (Fsp3) is 0. The Bertz CT molecular complexity index is 667. The standard InChI is InChI=1S/C13H9Br2F2N3O/c14-7-2-1-3-8(15)11(7)19-13(21)6-4-9(16)12(20-18)10(17)5-6/h1-5,20H,18H2,(H,19,21). The van der Waals surface area contributed by atoms with Crippen LogP contribution >= 0.6 is 31.9 Å². The minimum absolute atomic E-state index is 0.161. The third-order valence-electron chi connectivity index (χ3n) is 2.65. The largest absolute Gasteiger partial charge is 0.320 e. The molecule has 0 bridgehead atoms. The molecular weight excluding hydrogens is 412 g/mol. The zero-order chi connectivity index (χ0) is 15.6. The number of hydrogen-bond donors (Lipinski definition) is 3. The second kappa shape index (κ2) is 6.50. The van der Waals surface area contributed by atoms with Gasteiger partial charge in [-0.2, -0.15) is 0 Å². The minimum atomic E-state index is -0.950. The summed E-state index contributed by atoms with van der Waals surface area (Å²) in [4.78, 5) is 12.1. The van der Waals surface area contributed by atoms with Crippen LogP contribution in [0.25, 0.3) is 0 Å². The van der Waals surface area contributed by atoms with Crippen LogP contribution < -0.4 is 16.6 Å². The lowest BCUT2D eigenvalue weighted by Crippen LogP contribution is -2.16. The molecule has 0 spiro atoms. The van der Waals surface area contributed by atoms with Gasteiger partial charge in [0.2, 0.25) is 0 Å². The van der Waals surface area contributed by atoms with E-state index in [1.807, 2.05) is 5.43 Å². The van der Waals surface area contributed by atoms with Crippen LogP contribution in [0.2, 0.25) is 0 Å². The van der Waals surface area contributed by atoms with Crippen LogP contribution in [0.3, 0.4) is 0 Å². The van der Waals surface area contributed by atoms with Crippen molar-refractivity contribution in [3.05, 3.63) is 56.5 Å². The molecule has 0 aliphatic heterocycles. The molecule has 21 heavy (non-hydrogen) atoms. The highest BCUT2D eigenvalue weighted by atomic mass is 79.9. The van der Waals surface area contributed by atoms with E-state index in [2.05, 4.69) is 37.2 Å². The molecule has 0 radical (unpaired) electrons. The number of para-hydroxylation sites is 1. The van der Waals surface area contributed by atoms with Crippen molar-refractivity contribution < 1.29 is 13.6 Å². The fourth-order valence-electron chi connectivity index (χ4n) is 1.65. The van der Waals surface area contributed by atoms with Gasteiger partial charge in [-0.05, 0) is 56.1 Å². The van der Waals surface area contributed by atoms with Crippen molar-refractivity contribution in [3.8, 4) is 0 Å². The maximum absolute atomic E-state index is 13.6. The van der Waals surface area contributed by atoms with Crippen molar-refractivity contribution in [3.63, 3.8) is 0 Å². The molecule has 0 unspecified atom stereocenters. The first kappa shape index (κ1) is 15.9. The molecule has 0 saturated heterocycles. The van der Waals surface area contributed by atoms with Gasteiger partial charge < -0.3 is 10.7 Å². The van der Waals surface area contributed by atoms with Gasteiger partial charge in [0, 0.05) is 14.5 Å². The summed E-state index contributed by atoms with van der Waals surface area (Å²) in [6, 6.07) is 7.02. The van der Waals surface area contributed by atoms with Gasteiger partial charge in [0.1, 0.15) is 5.69 Å². The van der Waals surface area contributed by atoms with Crippen LogP contribution in [-0.4, -0.2) is 5.91 Å². The molecule has 0 aromatic heterocycles. The Morgan fingerprint density at radius 3 is 2.05 bits per heavy atom.